The van der Waals surface area contributed by atoms with Crippen molar-refractivity contribution in [3.05, 3.63) is 41.0 Å². The fourth-order valence-corrected chi connectivity index (χ4v) is 2.71. The van der Waals surface area contributed by atoms with Crippen molar-refractivity contribution in [2.24, 2.45) is 5.92 Å². The van der Waals surface area contributed by atoms with Crippen LogP contribution in [0.3, 0.4) is 0 Å². The van der Waals surface area contributed by atoms with Gasteiger partial charge < -0.3 is 5.32 Å². The lowest BCUT2D eigenvalue weighted by atomic mass is 10.1. The molecule has 0 aliphatic heterocycles. The van der Waals surface area contributed by atoms with Gasteiger partial charge in [-0.25, -0.2) is 4.98 Å². The maximum atomic E-state index is 11.7. The number of carbonyl (C=O) groups excluding carboxylic acids is 1. The summed E-state index contributed by atoms with van der Waals surface area (Å²) in [6.07, 6.45) is 0.870. The van der Waals surface area contributed by atoms with Gasteiger partial charge in [-0.3, -0.25) is 4.79 Å². The van der Waals surface area contributed by atoms with Crippen LogP contribution >= 0.6 is 11.3 Å². The van der Waals surface area contributed by atoms with Gasteiger partial charge in [-0.2, -0.15) is 0 Å². The van der Waals surface area contributed by atoms with Gasteiger partial charge in [0, 0.05) is 12.5 Å². The molecule has 1 amide bonds. The summed E-state index contributed by atoms with van der Waals surface area (Å²) >= 11 is 1.65. The van der Waals surface area contributed by atoms with Gasteiger partial charge in [0.05, 0.1) is 16.1 Å². The summed E-state index contributed by atoms with van der Waals surface area (Å²) in [4.78, 5) is 17.2. The maximum Gasteiger partial charge on any atom is 0.223 e. The molecular weight excluding hydrogens is 268 g/mol. The third kappa shape index (κ3) is 3.45. The average Bonchev–Trinajstić information content (AvgIpc) is 2.90. The van der Waals surface area contributed by atoms with Gasteiger partial charge in [-0.05, 0) is 24.5 Å². The summed E-state index contributed by atoms with van der Waals surface area (Å²) in [7, 11) is 0. The largest absolute Gasteiger partial charge is 0.352 e. The number of carbonyl (C=O) groups is 1. The van der Waals surface area contributed by atoms with E-state index in [9.17, 15) is 4.79 Å². The summed E-state index contributed by atoms with van der Waals surface area (Å²) in [5.41, 5.74) is 5.23. The number of thiazole rings is 1. The van der Waals surface area contributed by atoms with Crippen LogP contribution < -0.4 is 5.32 Å². The predicted molar refractivity (Wildman–Crippen MR) is 83.6 cm³/mol. The van der Waals surface area contributed by atoms with E-state index in [1.54, 1.807) is 11.3 Å². The van der Waals surface area contributed by atoms with E-state index in [0.717, 1.165) is 17.7 Å². The first kappa shape index (κ1) is 14.7. The molecule has 0 saturated heterocycles. The molecule has 0 aliphatic carbocycles. The number of hydrogen-bond donors (Lipinski definition) is 1. The first-order valence-electron chi connectivity index (χ1n) is 6.89. The minimum absolute atomic E-state index is 0.0779. The molecule has 1 atom stereocenters. The Morgan fingerprint density at radius 1 is 1.35 bits per heavy atom. The quantitative estimate of drug-likeness (QED) is 0.909. The van der Waals surface area contributed by atoms with E-state index in [1.165, 1.54) is 10.4 Å². The fraction of sp³-hybridized carbons (Fsp3) is 0.375. The van der Waals surface area contributed by atoms with Crippen LogP contribution in [0.2, 0.25) is 0 Å². The molecule has 1 unspecified atom stereocenters. The molecule has 2 rings (SSSR count). The molecule has 1 heterocycles. The van der Waals surface area contributed by atoms with Crippen LogP contribution in [-0.4, -0.2) is 10.9 Å². The van der Waals surface area contributed by atoms with Crippen molar-refractivity contribution < 1.29 is 4.79 Å². The zero-order valence-electron chi connectivity index (χ0n) is 12.1. The number of aromatic nitrogens is 1. The number of nitrogens with zero attached hydrogens (tertiary/aromatic N) is 1. The van der Waals surface area contributed by atoms with Crippen molar-refractivity contribution in [1.29, 1.82) is 0 Å². The summed E-state index contributed by atoms with van der Waals surface area (Å²) in [6, 6.07) is 8.30. The Balaban J connectivity index is 1.99. The molecule has 0 bridgehead atoms. The molecule has 3 nitrogen and oxygen atoms in total. The average molecular weight is 288 g/mol. The lowest BCUT2D eigenvalue weighted by Gasteiger charge is -2.10. The van der Waals surface area contributed by atoms with Crippen LogP contribution in [0.25, 0.3) is 10.4 Å². The van der Waals surface area contributed by atoms with Gasteiger partial charge in [-0.1, -0.05) is 38.1 Å². The molecule has 0 saturated carbocycles. The van der Waals surface area contributed by atoms with Crippen molar-refractivity contribution in [2.45, 2.75) is 33.7 Å². The zero-order valence-corrected chi connectivity index (χ0v) is 13.0. The Morgan fingerprint density at radius 3 is 2.60 bits per heavy atom. The molecule has 0 fully saturated rings. The summed E-state index contributed by atoms with van der Waals surface area (Å²) in [5, 5.41) is 2.97. The van der Waals surface area contributed by atoms with Crippen molar-refractivity contribution in [3.8, 4) is 10.4 Å². The van der Waals surface area contributed by atoms with E-state index < -0.39 is 0 Å². The van der Waals surface area contributed by atoms with Crippen LogP contribution in [0.5, 0.6) is 0 Å². The number of hydrogen-bond acceptors (Lipinski definition) is 3. The second-order valence-corrected chi connectivity index (χ2v) is 5.85. The van der Waals surface area contributed by atoms with E-state index in [4.69, 9.17) is 0 Å². The zero-order chi connectivity index (χ0) is 14.5. The van der Waals surface area contributed by atoms with E-state index in [2.05, 4.69) is 34.6 Å². The van der Waals surface area contributed by atoms with Crippen molar-refractivity contribution in [3.63, 3.8) is 0 Å². The molecule has 1 aromatic carbocycles. The highest BCUT2D eigenvalue weighted by Gasteiger charge is 2.09. The lowest BCUT2D eigenvalue weighted by Crippen LogP contribution is -2.28. The van der Waals surface area contributed by atoms with Gasteiger partial charge in [0.15, 0.2) is 0 Å². The van der Waals surface area contributed by atoms with Gasteiger partial charge >= 0.3 is 0 Å². The molecule has 4 heteroatoms. The normalized spacial score (nSPS) is 12.2. The SMILES string of the molecule is CCC(C)C(=O)NCc1ccc(-c2scnc2C)cc1. The van der Waals surface area contributed by atoms with E-state index in [1.807, 2.05) is 26.3 Å². The Bertz CT molecular complexity index is 574. The highest BCUT2D eigenvalue weighted by atomic mass is 32.1. The van der Waals surface area contributed by atoms with Gasteiger partial charge in [-0.15, -0.1) is 11.3 Å². The fourth-order valence-electron chi connectivity index (χ4n) is 1.90. The molecule has 0 radical (unpaired) electrons. The lowest BCUT2D eigenvalue weighted by molar-refractivity contribution is -0.124. The maximum absolute atomic E-state index is 11.7. The van der Waals surface area contributed by atoms with Crippen molar-refractivity contribution in [2.75, 3.05) is 0 Å². The minimum Gasteiger partial charge on any atom is -0.352 e. The number of aryl methyl sites for hydroxylation is 1. The minimum atomic E-state index is 0.0779. The second kappa shape index (κ2) is 6.66. The van der Waals surface area contributed by atoms with Crippen LogP contribution in [-0.2, 0) is 11.3 Å². The van der Waals surface area contributed by atoms with Gasteiger partial charge in [0.1, 0.15) is 0 Å². The highest BCUT2D eigenvalue weighted by Crippen LogP contribution is 2.27. The van der Waals surface area contributed by atoms with Crippen LogP contribution in [0, 0.1) is 12.8 Å². The van der Waals surface area contributed by atoms with E-state index in [-0.39, 0.29) is 11.8 Å². The molecular formula is C16H20N2OS. The van der Waals surface area contributed by atoms with Crippen LogP contribution in [0.4, 0.5) is 0 Å². The Morgan fingerprint density at radius 2 is 2.05 bits per heavy atom. The summed E-state index contributed by atoms with van der Waals surface area (Å²) < 4.78 is 0. The molecule has 0 spiro atoms. The van der Waals surface area contributed by atoms with Crippen LogP contribution in [0.1, 0.15) is 31.5 Å². The monoisotopic (exact) mass is 288 g/mol. The number of nitrogens with one attached hydrogen (secondary N) is 1. The van der Waals surface area contributed by atoms with E-state index >= 15 is 0 Å². The number of amides is 1. The smallest absolute Gasteiger partial charge is 0.223 e. The first-order chi connectivity index (χ1) is 9.61. The molecule has 20 heavy (non-hydrogen) atoms. The first-order valence-corrected chi connectivity index (χ1v) is 7.77. The van der Waals surface area contributed by atoms with Crippen molar-refractivity contribution >= 4 is 17.2 Å². The number of benzene rings is 1. The van der Waals surface area contributed by atoms with E-state index in [0.29, 0.717) is 6.54 Å². The second-order valence-electron chi connectivity index (χ2n) is 4.99. The molecule has 1 N–H and O–H groups in total. The number of rotatable bonds is 5. The Kier molecular flexibility index (Phi) is 4.90. The van der Waals surface area contributed by atoms with Crippen LogP contribution in [0.15, 0.2) is 29.8 Å². The molecule has 1 aromatic heterocycles. The summed E-state index contributed by atoms with van der Waals surface area (Å²) in [5.74, 6) is 0.198. The molecule has 0 aliphatic rings. The summed E-state index contributed by atoms with van der Waals surface area (Å²) in [6.45, 7) is 6.58. The van der Waals surface area contributed by atoms with Gasteiger partial charge in [0.25, 0.3) is 0 Å². The topological polar surface area (TPSA) is 42.0 Å². The third-order valence-corrected chi connectivity index (χ3v) is 4.47. The third-order valence-electron chi connectivity index (χ3n) is 3.49. The standard InChI is InChI=1S/C16H20N2OS/c1-4-11(2)16(19)17-9-13-5-7-14(8-6-13)15-12(3)18-10-20-15/h5-8,10-11H,4,9H2,1-3H3,(H,17,19). The Labute approximate surface area is 124 Å². The molecule has 106 valence electrons. The predicted octanol–water partition coefficient (Wildman–Crippen LogP) is 3.78. The van der Waals surface area contributed by atoms with Gasteiger partial charge in [0.2, 0.25) is 5.91 Å². The molecule has 2 aromatic rings. The van der Waals surface area contributed by atoms with Crippen molar-refractivity contribution in [1.82, 2.24) is 10.3 Å². The Hall–Kier alpha value is -1.68. The highest BCUT2D eigenvalue weighted by molar-refractivity contribution is 7.13.